The van der Waals surface area contributed by atoms with E-state index in [-0.39, 0.29) is 5.54 Å². The van der Waals surface area contributed by atoms with E-state index in [2.05, 4.69) is 42.6 Å². The summed E-state index contributed by atoms with van der Waals surface area (Å²) in [6.07, 6.45) is 3.78. The molecule has 0 aliphatic carbocycles. The smallest absolute Gasteiger partial charge is 0.203 e. The van der Waals surface area contributed by atoms with Crippen LogP contribution in [-0.4, -0.2) is 28.8 Å². The van der Waals surface area contributed by atoms with Crippen LogP contribution in [0.3, 0.4) is 0 Å². The van der Waals surface area contributed by atoms with E-state index in [0.717, 1.165) is 5.95 Å². The minimum atomic E-state index is 0.0237. The lowest BCUT2D eigenvalue weighted by Crippen LogP contribution is -2.29. The summed E-state index contributed by atoms with van der Waals surface area (Å²) in [5.74, 6) is 0.895. The van der Waals surface area contributed by atoms with Gasteiger partial charge in [0.05, 0.1) is 12.6 Å². The van der Waals surface area contributed by atoms with Gasteiger partial charge in [0, 0.05) is 25.0 Å². The first-order chi connectivity index (χ1) is 6.94. The zero-order chi connectivity index (χ0) is 11.5. The molecular formula is C11H21N3O. The minimum Gasteiger partial charge on any atom is -0.383 e. The van der Waals surface area contributed by atoms with Crippen molar-refractivity contribution in [3.8, 4) is 0 Å². The maximum atomic E-state index is 5.14. The number of nitrogens with zero attached hydrogens (tertiary/aromatic N) is 2. The summed E-state index contributed by atoms with van der Waals surface area (Å²) in [6.45, 7) is 9.15. The summed E-state index contributed by atoms with van der Waals surface area (Å²) in [7, 11) is 1.71. The standard InChI is InChI=1S/C11H21N3O/c1-9(8-15-5)14-7-6-12-10(14)13-11(2,3)4/h6-7,9H,8H2,1-5H3,(H,12,13). The van der Waals surface area contributed by atoms with Gasteiger partial charge in [-0.1, -0.05) is 0 Å². The topological polar surface area (TPSA) is 39.1 Å². The zero-order valence-corrected chi connectivity index (χ0v) is 10.2. The number of aromatic nitrogens is 2. The van der Waals surface area contributed by atoms with E-state index >= 15 is 0 Å². The lowest BCUT2D eigenvalue weighted by molar-refractivity contribution is 0.163. The van der Waals surface area contributed by atoms with Crippen molar-refractivity contribution in [3.05, 3.63) is 12.4 Å². The third-order valence-electron chi connectivity index (χ3n) is 2.04. The SMILES string of the molecule is COCC(C)n1ccnc1NC(C)(C)C. The van der Waals surface area contributed by atoms with Gasteiger partial charge in [-0.25, -0.2) is 4.98 Å². The monoisotopic (exact) mass is 211 g/mol. The van der Waals surface area contributed by atoms with Gasteiger partial charge >= 0.3 is 0 Å². The summed E-state index contributed by atoms with van der Waals surface area (Å²) in [5, 5.41) is 3.37. The molecule has 0 radical (unpaired) electrons. The van der Waals surface area contributed by atoms with Crippen LogP contribution in [0.25, 0.3) is 0 Å². The predicted molar refractivity (Wildman–Crippen MR) is 62.2 cm³/mol. The highest BCUT2D eigenvalue weighted by Crippen LogP contribution is 2.17. The Morgan fingerprint density at radius 1 is 1.53 bits per heavy atom. The molecule has 0 bridgehead atoms. The van der Waals surface area contributed by atoms with Gasteiger partial charge in [-0.05, 0) is 27.7 Å². The molecular weight excluding hydrogens is 190 g/mol. The first kappa shape index (κ1) is 12.0. The number of imidazole rings is 1. The second-order valence-electron chi connectivity index (χ2n) is 4.84. The molecule has 0 amide bonds. The maximum Gasteiger partial charge on any atom is 0.203 e. The van der Waals surface area contributed by atoms with Crippen molar-refractivity contribution in [1.82, 2.24) is 9.55 Å². The first-order valence-electron chi connectivity index (χ1n) is 5.24. The minimum absolute atomic E-state index is 0.0237. The van der Waals surface area contributed by atoms with Gasteiger partial charge in [0.2, 0.25) is 5.95 Å². The Kier molecular flexibility index (Phi) is 3.74. The van der Waals surface area contributed by atoms with Gasteiger partial charge in [-0.2, -0.15) is 0 Å². The molecule has 0 aliphatic rings. The van der Waals surface area contributed by atoms with Gasteiger partial charge in [-0.15, -0.1) is 0 Å². The molecule has 0 spiro atoms. The number of anilines is 1. The van der Waals surface area contributed by atoms with Crippen molar-refractivity contribution < 1.29 is 4.74 Å². The van der Waals surface area contributed by atoms with Crippen LogP contribution in [0.15, 0.2) is 12.4 Å². The third-order valence-corrected chi connectivity index (χ3v) is 2.04. The molecule has 4 nitrogen and oxygen atoms in total. The van der Waals surface area contributed by atoms with Crippen molar-refractivity contribution in [1.29, 1.82) is 0 Å². The molecule has 1 heterocycles. The van der Waals surface area contributed by atoms with Crippen LogP contribution in [0.1, 0.15) is 33.7 Å². The predicted octanol–water partition coefficient (Wildman–Crippen LogP) is 2.30. The fourth-order valence-electron chi connectivity index (χ4n) is 1.42. The highest BCUT2D eigenvalue weighted by atomic mass is 16.5. The van der Waals surface area contributed by atoms with E-state index < -0.39 is 0 Å². The van der Waals surface area contributed by atoms with Crippen LogP contribution in [-0.2, 0) is 4.74 Å². The van der Waals surface area contributed by atoms with Crippen LogP contribution < -0.4 is 5.32 Å². The van der Waals surface area contributed by atoms with Gasteiger partial charge in [0.15, 0.2) is 0 Å². The lowest BCUT2D eigenvalue weighted by Gasteiger charge is -2.24. The van der Waals surface area contributed by atoms with Crippen molar-refractivity contribution in [3.63, 3.8) is 0 Å². The Bertz CT molecular complexity index is 301. The molecule has 86 valence electrons. The zero-order valence-electron chi connectivity index (χ0n) is 10.2. The van der Waals surface area contributed by atoms with Crippen LogP contribution in [0, 0.1) is 0 Å². The maximum absolute atomic E-state index is 5.14. The van der Waals surface area contributed by atoms with Crippen molar-refractivity contribution in [2.45, 2.75) is 39.3 Å². The number of hydrogen-bond acceptors (Lipinski definition) is 3. The summed E-state index contributed by atoms with van der Waals surface area (Å²) in [4.78, 5) is 4.30. The van der Waals surface area contributed by atoms with Crippen molar-refractivity contribution in [2.24, 2.45) is 0 Å². The summed E-state index contributed by atoms with van der Waals surface area (Å²) >= 11 is 0. The Hall–Kier alpha value is -1.03. The number of methoxy groups -OCH3 is 1. The average molecular weight is 211 g/mol. The number of rotatable bonds is 4. The van der Waals surface area contributed by atoms with E-state index in [1.807, 2.05) is 6.20 Å². The van der Waals surface area contributed by atoms with Crippen LogP contribution >= 0.6 is 0 Å². The van der Waals surface area contributed by atoms with Gasteiger partial charge in [-0.3, -0.25) is 0 Å². The number of hydrogen-bond donors (Lipinski definition) is 1. The first-order valence-corrected chi connectivity index (χ1v) is 5.24. The van der Waals surface area contributed by atoms with Crippen LogP contribution in [0.4, 0.5) is 5.95 Å². The highest BCUT2D eigenvalue weighted by molar-refractivity contribution is 5.30. The second kappa shape index (κ2) is 4.66. The van der Waals surface area contributed by atoms with Crippen molar-refractivity contribution in [2.75, 3.05) is 19.0 Å². The molecule has 0 fully saturated rings. The van der Waals surface area contributed by atoms with E-state index in [1.165, 1.54) is 0 Å². The molecule has 0 aromatic carbocycles. The van der Waals surface area contributed by atoms with Crippen LogP contribution in [0.2, 0.25) is 0 Å². The van der Waals surface area contributed by atoms with Gasteiger partial charge in [0.25, 0.3) is 0 Å². The highest BCUT2D eigenvalue weighted by Gasteiger charge is 2.15. The summed E-state index contributed by atoms with van der Waals surface area (Å²) < 4.78 is 7.23. The summed E-state index contributed by atoms with van der Waals surface area (Å²) in [6, 6.07) is 0.294. The average Bonchev–Trinajstić information content (AvgIpc) is 2.49. The number of nitrogens with one attached hydrogen (secondary N) is 1. The van der Waals surface area contributed by atoms with E-state index in [9.17, 15) is 0 Å². The van der Waals surface area contributed by atoms with E-state index in [4.69, 9.17) is 4.74 Å². The molecule has 1 rings (SSSR count). The Balaban J connectivity index is 2.77. The van der Waals surface area contributed by atoms with E-state index in [1.54, 1.807) is 13.3 Å². The van der Waals surface area contributed by atoms with E-state index in [0.29, 0.717) is 12.6 Å². The molecule has 1 aromatic heterocycles. The van der Waals surface area contributed by atoms with Crippen LogP contribution in [0.5, 0.6) is 0 Å². The van der Waals surface area contributed by atoms with Gasteiger partial charge < -0.3 is 14.6 Å². The Morgan fingerprint density at radius 2 is 2.20 bits per heavy atom. The molecule has 0 aliphatic heterocycles. The molecule has 0 saturated carbocycles. The molecule has 1 aromatic rings. The fraction of sp³-hybridized carbons (Fsp3) is 0.727. The van der Waals surface area contributed by atoms with Crippen molar-refractivity contribution >= 4 is 5.95 Å². The fourth-order valence-corrected chi connectivity index (χ4v) is 1.42. The third kappa shape index (κ3) is 3.55. The second-order valence-corrected chi connectivity index (χ2v) is 4.84. The molecule has 0 saturated heterocycles. The lowest BCUT2D eigenvalue weighted by atomic mass is 10.1. The van der Waals surface area contributed by atoms with Gasteiger partial charge in [0.1, 0.15) is 0 Å². The summed E-state index contributed by atoms with van der Waals surface area (Å²) in [5.41, 5.74) is 0.0237. The molecule has 1 unspecified atom stereocenters. The molecule has 15 heavy (non-hydrogen) atoms. The molecule has 1 N–H and O–H groups in total. The molecule has 4 heteroatoms. The number of ether oxygens (including phenoxy) is 1. The normalized spacial score (nSPS) is 13.9. The quantitative estimate of drug-likeness (QED) is 0.830. The largest absolute Gasteiger partial charge is 0.383 e. The Morgan fingerprint density at radius 3 is 2.73 bits per heavy atom. The molecule has 1 atom stereocenters. The Labute approximate surface area is 91.7 Å².